The van der Waals surface area contributed by atoms with Gasteiger partial charge < -0.3 is 20.5 Å². The van der Waals surface area contributed by atoms with E-state index in [4.69, 9.17) is 9.84 Å². The minimum Gasteiger partial charge on any atom is -0.497 e. The Morgan fingerprint density at radius 1 is 1.48 bits per heavy atom. The molecule has 0 aliphatic rings. The van der Waals surface area contributed by atoms with Crippen molar-refractivity contribution in [3.8, 4) is 5.75 Å². The molecule has 21 heavy (non-hydrogen) atoms. The summed E-state index contributed by atoms with van der Waals surface area (Å²) in [6.45, 7) is 4.09. The minimum absolute atomic E-state index is 0.0227. The number of nitrogens with one attached hydrogen (secondary N) is 2. The Morgan fingerprint density at radius 3 is 2.86 bits per heavy atom. The van der Waals surface area contributed by atoms with E-state index in [1.54, 1.807) is 23.9 Å². The van der Waals surface area contributed by atoms with Gasteiger partial charge in [0.2, 0.25) is 0 Å². The summed E-state index contributed by atoms with van der Waals surface area (Å²) in [6.07, 6.45) is 1.79. The van der Waals surface area contributed by atoms with Crippen LogP contribution in [0.3, 0.4) is 0 Å². The molecule has 0 saturated heterocycles. The van der Waals surface area contributed by atoms with Gasteiger partial charge in [0.15, 0.2) is 0 Å². The van der Waals surface area contributed by atoms with Crippen molar-refractivity contribution in [3.63, 3.8) is 0 Å². The molecule has 1 rings (SSSR count). The van der Waals surface area contributed by atoms with E-state index in [1.165, 1.54) is 19.2 Å². The van der Waals surface area contributed by atoms with E-state index >= 15 is 0 Å². The monoisotopic (exact) mass is 310 g/mol. The van der Waals surface area contributed by atoms with Crippen molar-refractivity contribution in [1.29, 1.82) is 0 Å². The van der Waals surface area contributed by atoms with Crippen molar-refractivity contribution in [3.05, 3.63) is 36.4 Å². The third kappa shape index (κ3) is 5.78. The van der Waals surface area contributed by atoms with E-state index in [0.29, 0.717) is 12.3 Å². The van der Waals surface area contributed by atoms with Crippen LogP contribution in [0.2, 0.25) is 0 Å². The molecule has 1 aromatic carbocycles. The molecule has 0 bridgehead atoms. The molecular weight excluding hydrogens is 292 g/mol. The predicted octanol–water partition coefficient (Wildman–Crippen LogP) is 2.43. The average Bonchev–Trinajstić information content (AvgIpc) is 2.47. The van der Waals surface area contributed by atoms with E-state index in [0.717, 1.165) is 11.5 Å². The first kappa shape index (κ1) is 16.9. The quantitative estimate of drug-likeness (QED) is 0.507. The maximum Gasteiger partial charge on any atom is 0.337 e. The van der Waals surface area contributed by atoms with Crippen LogP contribution in [0.1, 0.15) is 10.4 Å². The largest absolute Gasteiger partial charge is 0.497 e. The summed E-state index contributed by atoms with van der Waals surface area (Å²) in [7, 11) is 1.45. The predicted molar refractivity (Wildman–Crippen MR) is 84.5 cm³/mol. The van der Waals surface area contributed by atoms with Gasteiger partial charge in [-0.3, -0.25) is 0 Å². The first-order valence-corrected chi connectivity index (χ1v) is 7.38. The van der Waals surface area contributed by atoms with Gasteiger partial charge in [0.05, 0.1) is 18.4 Å². The summed E-state index contributed by atoms with van der Waals surface area (Å²) in [5.41, 5.74) is 0.199. The number of aromatic carboxylic acids is 1. The summed E-state index contributed by atoms with van der Waals surface area (Å²) < 4.78 is 4.96. The molecule has 114 valence electrons. The molecule has 0 atom stereocenters. The SMILES string of the molecule is C=CCSCCNC(=O)Nc1ccc(OC)cc1C(=O)O. The van der Waals surface area contributed by atoms with E-state index in [1.807, 2.05) is 0 Å². The second kappa shape index (κ2) is 8.91. The number of thioether (sulfide) groups is 1. The number of carboxylic acids is 1. The number of anilines is 1. The van der Waals surface area contributed by atoms with Crippen LogP contribution in [-0.2, 0) is 0 Å². The van der Waals surface area contributed by atoms with Crippen LogP contribution in [0.4, 0.5) is 10.5 Å². The molecule has 2 amide bonds. The highest BCUT2D eigenvalue weighted by atomic mass is 32.2. The van der Waals surface area contributed by atoms with Crippen molar-refractivity contribution in [1.82, 2.24) is 5.32 Å². The molecule has 3 N–H and O–H groups in total. The van der Waals surface area contributed by atoms with Crippen LogP contribution >= 0.6 is 11.8 Å². The highest BCUT2D eigenvalue weighted by Crippen LogP contribution is 2.22. The highest BCUT2D eigenvalue weighted by Gasteiger charge is 2.13. The summed E-state index contributed by atoms with van der Waals surface area (Å²) in [6, 6.07) is 4.00. The van der Waals surface area contributed by atoms with E-state index in [2.05, 4.69) is 17.2 Å². The van der Waals surface area contributed by atoms with E-state index in [9.17, 15) is 9.59 Å². The molecule has 0 spiro atoms. The molecular formula is C14H18N2O4S. The smallest absolute Gasteiger partial charge is 0.337 e. The summed E-state index contributed by atoms with van der Waals surface area (Å²) >= 11 is 1.64. The maximum absolute atomic E-state index is 11.7. The second-order valence-electron chi connectivity index (χ2n) is 3.96. The van der Waals surface area contributed by atoms with Gasteiger partial charge in [-0.2, -0.15) is 11.8 Å². The Morgan fingerprint density at radius 2 is 2.24 bits per heavy atom. The lowest BCUT2D eigenvalue weighted by atomic mass is 10.1. The summed E-state index contributed by atoms with van der Waals surface area (Å²) in [5, 5.41) is 14.3. The number of hydrogen-bond acceptors (Lipinski definition) is 4. The van der Waals surface area contributed by atoms with Crippen LogP contribution in [0, 0.1) is 0 Å². The molecule has 0 radical (unpaired) electrons. The van der Waals surface area contributed by atoms with Crippen molar-refractivity contribution >= 4 is 29.4 Å². The molecule has 0 saturated carbocycles. The van der Waals surface area contributed by atoms with Gasteiger partial charge in [0, 0.05) is 18.1 Å². The Bertz CT molecular complexity index is 520. The minimum atomic E-state index is -1.13. The van der Waals surface area contributed by atoms with Gasteiger partial charge in [0.25, 0.3) is 0 Å². The molecule has 0 aromatic heterocycles. The molecule has 0 heterocycles. The first-order valence-electron chi connectivity index (χ1n) is 6.23. The number of carbonyl (C=O) groups excluding carboxylic acids is 1. The topological polar surface area (TPSA) is 87.7 Å². The number of rotatable bonds is 8. The fourth-order valence-corrected chi connectivity index (χ4v) is 2.09. The average molecular weight is 310 g/mol. The van der Waals surface area contributed by atoms with Crippen LogP contribution in [0.15, 0.2) is 30.9 Å². The number of carbonyl (C=O) groups is 2. The lowest BCUT2D eigenvalue weighted by molar-refractivity contribution is 0.0697. The van der Waals surface area contributed by atoms with Crippen molar-refractivity contribution in [2.24, 2.45) is 0 Å². The van der Waals surface area contributed by atoms with E-state index in [-0.39, 0.29) is 11.3 Å². The van der Waals surface area contributed by atoms with Gasteiger partial charge in [0.1, 0.15) is 5.75 Å². The third-order valence-corrected chi connectivity index (χ3v) is 3.44. The Hall–Kier alpha value is -2.15. The standard InChI is InChI=1S/C14H18N2O4S/c1-3-7-21-8-6-15-14(19)16-12-5-4-10(20-2)9-11(12)13(17)18/h3-5,9H,1,6-8H2,2H3,(H,17,18)(H2,15,16,19). The lowest BCUT2D eigenvalue weighted by Gasteiger charge is -2.11. The van der Waals surface area contributed by atoms with Crippen LogP contribution < -0.4 is 15.4 Å². The Labute approximate surface area is 127 Å². The number of hydrogen-bond donors (Lipinski definition) is 3. The molecule has 0 unspecified atom stereocenters. The Balaban J connectivity index is 2.59. The molecule has 7 heteroatoms. The maximum atomic E-state index is 11.7. The molecule has 1 aromatic rings. The van der Waals surface area contributed by atoms with Gasteiger partial charge in [-0.25, -0.2) is 9.59 Å². The van der Waals surface area contributed by atoms with E-state index < -0.39 is 12.0 Å². The fourth-order valence-electron chi connectivity index (χ4n) is 1.51. The zero-order chi connectivity index (χ0) is 15.7. The van der Waals surface area contributed by atoms with Gasteiger partial charge in [-0.1, -0.05) is 6.08 Å². The first-order chi connectivity index (χ1) is 10.1. The van der Waals surface area contributed by atoms with Gasteiger partial charge in [-0.05, 0) is 18.2 Å². The number of urea groups is 1. The van der Waals surface area contributed by atoms with Gasteiger partial charge in [-0.15, -0.1) is 6.58 Å². The summed E-state index contributed by atoms with van der Waals surface area (Å²) in [4.78, 5) is 22.9. The number of carboxylic acid groups (broad SMARTS) is 1. The molecule has 0 aliphatic heterocycles. The lowest BCUT2D eigenvalue weighted by Crippen LogP contribution is -2.31. The third-order valence-electron chi connectivity index (χ3n) is 2.47. The normalized spacial score (nSPS) is 9.76. The number of ether oxygens (including phenoxy) is 1. The molecule has 6 nitrogen and oxygen atoms in total. The number of amides is 2. The second-order valence-corrected chi connectivity index (χ2v) is 5.11. The van der Waals surface area contributed by atoms with Crippen LogP contribution in [0.25, 0.3) is 0 Å². The molecule has 0 fully saturated rings. The fraction of sp³-hybridized carbons (Fsp3) is 0.286. The van der Waals surface area contributed by atoms with Crippen molar-refractivity contribution in [2.45, 2.75) is 0 Å². The highest BCUT2D eigenvalue weighted by molar-refractivity contribution is 7.99. The Kier molecular flexibility index (Phi) is 7.17. The van der Waals surface area contributed by atoms with Crippen molar-refractivity contribution in [2.75, 3.05) is 30.5 Å². The zero-order valence-corrected chi connectivity index (χ0v) is 12.5. The van der Waals surface area contributed by atoms with Crippen LogP contribution in [-0.4, -0.2) is 42.3 Å². The van der Waals surface area contributed by atoms with Crippen LogP contribution in [0.5, 0.6) is 5.75 Å². The van der Waals surface area contributed by atoms with Gasteiger partial charge >= 0.3 is 12.0 Å². The zero-order valence-electron chi connectivity index (χ0n) is 11.7. The molecule has 0 aliphatic carbocycles. The van der Waals surface area contributed by atoms with Crippen molar-refractivity contribution < 1.29 is 19.4 Å². The number of benzene rings is 1. The summed E-state index contributed by atoms with van der Waals surface area (Å²) in [5.74, 6) is 0.864. The number of methoxy groups -OCH3 is 1.